The third-order valence-corrected chi connectivity index (χ3v) is 3.86. The lowest BCUT2D eigenvalue weighted by Gasteiger charge is -2.09. The average Bonchev–Trinajstić information content (AvgIpc) is 2.75. The van der Waals surface area contributed by atoms with Crippen molar-refractivity contribution in [3.8, 4) is 5.82 Å². The molecule has 0 atom stereocenters. The van der Waals surface area contributed by atoms with E-state index in [2.05, 4.69) is 10.3 Å². The Morgan fingerprint density at radius 1 is 1.07 bits per heavy atom. The molecule has 0 fully saturated rings. The lowest BCUT2D eigenvalue weighted by atomic mass is 10.2. The highest BCUT2D eigenvalue weighted by atomic mass is 16.5. The summed E-state index contributed by atoms with van der Waals surface area (Å²) < 4.78 is 6.53. The van der Waals surface area contributed by atoms with Gasteiger partial charge in [0.05, 0.1) is 0 Å². The molecular formula is C21H19N3O5. The van der Waals surface area contributed by atoms with Gasteiger partial charge in [0.25, 0.3) is 5.56 Å². The zero-order valence-electron chi connectivity index (χ0n) is 15.7. The maximum atomic E-state index is 12.6. The number of nitrogens with one attached hydrogen (secondary N) is 1. The fraction of sp³-hybridized carbons (Fsp3) is 0.143. The van der Waals surface area contributed by atoms with Crippen LogP contribution in [0, 0.1) is 0 Å². The Hall–Kier alpha value is -4.03. The van der Waals surface area contributed by atoms with Gasteiger partial charge in [-0.3, -0.25) is 14.7 Å². The third-order valence-electron chi connectivity index (χ3n) is 3.86. The number of rotatable bonds is 5. The molecule has 0 saturated carbocycles. The minimum atomic E-state index is -0.682. The first-order valence-electron chi connectivity index (χ1n) is 8.73. The number of anilines is 1. The van der Waals surface area contributed by atoms with Crippen LogP contribution in [-0.4, -0.2) is 21.8 Å². The summed E-state index contributed by atoms with van der Waals surface area (Å²) >= 11 is 0. The van der Waals surface area contributed by atoms with E-state index in [0.717, 1.165) is 17.5 Å². The van der Waals surface area contributed by atoms with E-state index in [9.17, 15) is 9.59 Å². The fourth-order valence-corrected chi connectivity index (χ4v) is 2.41. The average molecular weight is 393 g/mol. The van der Waals surface area contributed by atoms with Crippen LogP contribution in [-0.2, 0) is 27.4 Å². The summed E-state index contributed by atoms with van der Waals surface area (Å²) in [6.45, 7) is 2.17. The van der Waals surface area contributed by atoms with Crippen molar-refractivity contribution in [2.24, 2.45) is 0 Å². The van der Waals surface area contributed by atoms with E-state index in [-0.39, 0.29) is 24.0 Å². The van der Waals surface area contributed by atoms with E-state index in [4.69, 9.17) is 14.3 Å². The van der Waals surface area contributed by atoms with Gasteiger partial charge in [-0.05, 0) is 35.7 Å². The summed E-state index contributed by atoms with van der Waals surface area (Å²) in [5.41, 5.74) is 1.71. The summed E-state index contributed by atoms with van der Waals surface area (Å²) in [6.07, 6.45) is 3.78. The molecule has 0 aliphatic carbocycles. The number of amides is 1. The Kier molecular flexibility index (Phi) is 8.04. The summed E-state index contributed by atoms with van der Waals surface area (Å²) in [5.74, 6) is 0.494. The molecule has 0 radical (unpaired) electrons. The maximum Gasteiger partial charge on any atom is 0.412 e. The number of carbonyl (C=O) groups is 1. The first-order valence-corrected chi connectivity index (χ1v) is 8.73. The second kappa shape index (κ2) is 11.0. The molecule has 8 nitrogen and oxygen atoms in total. The van der Waals surface area contributed by atoms with Gasteiger partial charge in [0.15, 0.2) is 0 Å². The molecule has 29 heavy (non-hydrogen) atoms. The number of pyridine rings is 2. The van der Waals surface area contributed by atoms with E-state index in [1.807, 2.05) is 43.3 Å². The Morgan fingerprint density at radius 3 is 2.41 bits per heavy atom. The molecule has 0 aliphatic heterocycles. The molecule has 0 bridgehead atoms. The Balaban J connectivity index is 0.000000941. The molecule has 0 aliphatic rings. The second-order valence-corrected chi connectivity index (χ2v) is 5.75. The predicted molar refractivity (Wildman–Crippen MR) is 104 cm³/mol. The zero-order valence-corrected chi connectivity index (χ0v) is 15.7. The fourth-order valence-electron chi connectivity index (χ4n) is 2.41. The molecule has 0 saturated heterocycles. The maximum absolute atomic E-state index is 12.6. The number of nitrogens with zero attached hydrogens (tertiary/aromatic N) is 2. The molecule has 1 amide bonds. The van der Waals surface area contributed by atoms with Crippen LogP contribution in [0.5, 0.6) is 0 Å². The summed E-state index contributed by atoms with van der Waals surface area (Å²) in [6, 6.07) is 16.2. The van der Waals surface area contributed by atoms with E-state index < -0.39 is 6.09 Å². The van der Waals surface area contributed by atoms with Gasteiger partial charge in [-0.2, -0.15) is 9.59 Å². The number of hydrogen-bond acceptors (Lipinski definition) is 6. The van der Waals surface area contributed by atoms with Crippen LogP contribution in [0.3, 0.4) is 0 Å². The van der Waals surface area contributed by atoms with Crippen LogP contribution in [0.25, 0.3) is 5.82 Å². The molecule has 1 aromatic carbocycles. The highest BCUT2D eigenvalue weighted by Gasteiger charge is 2.10. The van der Waals surface area contributed by atoms with Crippen LogP contribution in [0.4, 0.5) is 10.5 Å². The first kappa shape index (κ1) is 21.3. The molecule has 8 heteroatoms. The Morgan fingerprint density at radius 2 is 1.79 bits per heavy atom. The largest absolute Gasteiger partial charge is 0.444 e. The minimum absolute atomic E-state index is 0.131. The molecular weight excluding hydrogens is 374 g/mol. The van der Waals surface area contributed by atoms with Crippen molar-refractivity contribution >= 4 is 17.9 Å². The number of hydrogen-bond donors (Lipinski definition) is 1. The van der Waals surface area contributed by atoms with Gasteiger partial charge in [0.1, 0.15) is 18.1 Å². The molecule has 3 rings (SSSR count). The van der Waals surface area contributed by atoms with Gasteiger partial charge in [0, 0.05) is 12.4 Å². The smallest absolute Gasteiger partial charge is 0.412 e. The van der Waals surface area contributed by atoms with E-state index >= 15 is 0 Å². The Bertz CT molecular complexity index is 1020. The van der Waals surface area contributed by atoms with Crippen molar-refractivity contribution in [2.45, 2.75) is 20.0 Å². The zero-order chi connectivity index (χ0) is 21.1. The van der Waals surface area contributed by atoms with Crippen LogP contribution in [0.1, 0.15) is 18.1 Å². The lowest BCUT2D eigenvalue weighted by Crippen LogP contribution is -2.25. The van der Waals surface area contributed by atoms with Gasteiger partial charge in [0.2, 0.25) is 0 Å². The van der Waals surface area contributed by atoms with Crippen molar-refractivity contribution in [1.82, 2.24) is 9.55 Å². The number of carbonyl (C=O) groups excluding carboxylic acids is 3. The van der Waals surface area contributed by atoms with Gasteiger partial charge < -0.3 is 4.74 Å². The van der Waals surface area contributed by atoms with Gasteiger partial charge in [-0.25, -0.2) is 9.78 Å². The van der Waals surface area contributed by atoms with Crippen molar-refractivity contribution in [3.05, 3.63) is 88.5 Å². The summed E-state index contributed by atoms with van der Waals surface area (Å²) in [7, 11) is 0. The van der Waals surface area contributed by atoms with Crippen molar-refractivity contribution in [2.75, 3.05) is 5.32 Å². The second-order valence-electron chi connectivity index (χ2n) is 5.75. The highest BCUT2D eigenvalue weighted by Crippen LogP contribution is 2.08. The van der Waals surface area contributed by atoms with Gasteiger partial charge in [-0.15, -0.1) is 0 Å². The molecule has 2 heterocycles. The monoisotopic (exact) mass is 393 g/mol. The van der Waals surface area contributed by atoms with Crippen LogP contribution in [0.15, 0.2) is 71.8 Å². The third kappa shape index (κ3) is 6.27. The topological polar surface area (TPSA) is 107 Å². The quantitative estimate of drug-likeness (QED) is 0.714. The van der Waals surface area contributed by atoms with E-state index in [0.29, 0.717) is 5.82 Å². The predicted octanol–water partition coefficient (Wildman–Crippen LogP) is 2.96. The van der Waals surface area contributed by atoms with Crippen molar-refractivity contribution in [3.63, 3.8) is 0 Å². The summed E-state index contributed by atoms with van der Waals surface area (Å²) in [4.78, 5) is 45.1. The molecule has 148 valence electrons. The lowest BCUT2D eigenvalue weighted by molar-refractivity contribution is -0.191. The minimum Gasteiger partial charge on any atom is -0.444 e. The van der Waals surface area contributed by atoms with Crippen LogP contribution in [0.2, 0.25) is 0 Å². The SMILES string of the molecule is CCc1ccc(-n2cccc(NC(=O)OCc3ccccc3)c2=O)nc1.O=C=O. The standard InChI is InChI=1S/C20H19N3O3.CO2/c1-2-15-10-11-18(21-13-15)23-12-6-9-17(19(23)24)22-20(25)26-14-16-7-4-3-5-8-16;2-1-3/h3-13H,2,14H2,1H3,(H,22,25);. The molecule has 3 aromatic rings. The number of aromatic nitrogens is 2. The van der Waals surface area contributed by atoms with Gasteiger partial charge >= 0.3 is 12.2 Å². The number of ether oxygens (including phenoxy) is 1. The summed E-state index contributed by atoms with van der Waals surface area (Å²) in [5, 5.41) is 2.49. The van der Waals surface area contributed by atoms with Crippen molar-refractivity contribution in [1.29, 1.82) is 0 Å². The first-order chi connectivity index (χ1) is 14.1. The molecule has 2 aromatic heterocycles. The van der Waals surface area contributed by atoms with Crippen molar-refractivity contribution < 1.29 is 19.1 Å². The molecule has 1 N–H and O–H groups in total. The number of aryl methyl sites for hydroxylation is 1. The molecule has 0 spiro atoms. The van der Waals surface area contributed by atoms with Crippen LogP contribution < -0.4 is 10.9 Å². The normalized spacial score (nSPS) is 9.55. The van der Waals surface area contributed by atoms with E-state index in [1.165, 1.54) is 10.6 Å². The van der Waals surface area contributed by atoms with E-state index in [1.54, 1.807) is 24.5 Å². The van der Waals surface area contributed by atoms with Gasteiger partial charge in [-0.1, -0.05) is 43.3 Å². The van der Waals surface area contributed by atoms with Crippen LogP contribution >= 0.6 is 0 Å². The number of benzene rings is 1. The highest BCUT2D eigenvalue weighted by molar-refractivity contribution is 5.84. The molecule has 0 unspecified atom stereocenters. The Labute approximate surface area is 166 Å².